The Labute approximate surface area is 236 Å². The number of fused-ring (bicyclic) bond motifs is 1. The molecule has 4 aromatic rings. The number of aromatic nitrogens is 2. The van der Waals surface area contributed by atoms with Crippen molar-refractivity contribution in [2.24, 2.45) is 0 Å². The molecule has 0 radical (unpaired) electrons. The Morgan fingerprint density at radius 1 is 1.05 bits per heavy atom. The number of nitrogens with zero attached hydrogens (tertiary/aromatic N) is 4. The van der Waals surface area contributed by atoms with Gasteiger partial charge < -0.3 is 19.1 Å². The highest BCUT2D eigenvalue weighted by atomic mass is 16.5. The molecule has 40 heavy (non-hydrogen) atoms. The van der Waals surface area contributed by atoms with Crippen LogP contribution in [0.1, 0.15) is 48.7 Å². The highest BCUT2D eigenvalue weighted by molar-refractivity contribution is 5.98. The van der Waals surface area contributed by atoms with Crippen molar-refractivity contribution < 1.29 is 14.3 Å². The summed E-state index contributed by atoms with van der Waals surface area (Å²) in [5.74, 6) is 0.700. The van der Waals surface area contributed by atoms with Crippen molar-refractivity contribution in [3.63, 3.8) is 0 Å². The zero-order chi connectivity index (χ0) is 28.4. The van der Waals surface area contributed by atoms with Crippen LogP contribution in [0.15, 0.2) is 66.7 Å². The molecule has 5 rings (SSSR count). The summed E-state index contributed by atoms with van der Waals surface area (Å²) in [6, 6.07) is 21.9. The van der Waals surface area contributed by atoms with Crippen molar-refractivity contribution in [3.05, 3.63) is 89.2 Å². The number of aryl methyl sites for hydroxylation is 3. The van der Waals surface area contributed by atoms with Gasteiger partial charge in [0.25, 0.3) is 0 Å². The van der Waals surface area contributed by atoms with Crippen LogP contribution in [0.2, 0.25) is 0 Å². The van der Waals surface area contributed by atoms with Gasteiger partial charge in [0.15, 0.2) is 0 Å². The Kier molecular flexibility index (Phi) is 8.03. The van der Waals surface area contributed by atoms with Gasteiger partial charge in [-0.2, -0.15) is 0 Å². The Hall–Kier alpha value is -3.97. The van der Waals surface area contributed by atoms with Crippen molar-refractivity contribution in [2.75, 3.05) is 30.1 Å². The summed E-state index contributed by atoms with van der Waals surface area (Å²) in [6.45, 7) is 9.28. The van der Waals surface area contributed by atoms with Crippen molar-refractivity contribution in [3.8, 4) is 0 Å². The second-order valence-electron chi connectivity index (χ2n) is 10.7. The van der Waals surface area contributed by atoms with E-state index in [1.807, 2.05) is 82.8 Å². The maximum Gasteiger partial charge on any atom is 0.247 e. The van der Waals surface area contributed by atoms with Crippen LogP contribution in [0.5, 0.6) is 0 Å². The fraction of sp³-hybridized carbons (Fsp3) is 0.364. The minimum Gasteiger partial charge on any atom is -0.383 e. The first-order valence-electron chi connectivity index (χ1n) is 14.0. The lowest BCUT2D eigenvalue weighted by Crippen LogP contribution is -2.44. The van der Waals surface area contributed by atoms with Crippen LogP contribution in [-0.2, 0) is 27.3 Å². The molecule has 0 unspecified atom stereocenters. The third kappa shape index (κ3) is 5.13. The van der Waals surface area contributed by atoms with Gasteiger partial charge in [0.05, 0.1) is 29.4 Å². The van der Waals surface area contributed by atoms with Gasteiger partial charge in [0, 0.05) is 31.7 Å². The maximum atomic E-state index is 14.3. The zero-order valence-electron chi connectivity index (χ0n) is 24.1. The van der Waals surface area contributed by atoms with E-state index in [9.17, 15) is 9.59 Å². The molecule has 0 N–H and O–H groups in total. The van der Waals surface area contributed by atoms with E-state index in [-0.39, 0.29) is 30.3 Å². The van der Waals surface area contributed by atoms with Crippen LogP contribution in [0.3, 0.4) is 0 Å². The van der Waals surface area contributed by atoms with Crippen molar-refractivity contribution in [1.82, 2.24) is 9.55 Å². The monoisotopic (exact) mass is 538 g/mol. The van der Waals surface area contributed by atoms with Crippen molar-refractivity contribution in [1.29, 1.82) is 0 Å². The molecule has 1 aliphatic rings. The Morgan fingerprint density at radius 2 is 1.77 bits per heavy atom. The van der Waals surface area contributed by atoms with Gasteiger partial charge in [-0.15, -0.1) is 0 Å². The third-order valence-corrected chi connectivity index (χ3v) is 7.93. The van der Waals surface area contributed by atoms with Gasteiger partial charge in [-0.3, -0.25) is 9.59 Å². The minimum absolute atomic E-state index is 0.0296. The molecule has 208 valence electrons. The number of para-hydroxylation sites is 4. The quantitative estimate of drug-likeness (QED) is 0.270. The van der Waals surface area contributed by atoms with Crippen LogP contribution in [0.25, 0.3) is 11.0 Å². The number of carbonyl (C=O) groups excluding carboxylic acids is 2. The molecule has 0 aliphatic carbocycles. The van der Waals surface area contributed by atoms with Crippen LogP contribution in [0.4, 0.5) is 11.4 Å². The molecular formula is C33H38N4O3. The van der Waals surface area contributed by atoms with Crippen LogP contribution < -0.4 is 9.80 Å². The van der Waals surface area contributed by atoms with E-state index in [0.29, 0.717) is 19.6 Å². The topological polar surface area (TPSA) is 67.7 Å². The average molecular weight is 539 g/mol. The van der Waals surface area contributed by atoms with Gasteiger partial charge in [0.1, 0.15) is 12.4 Å². The summed E-state index contributed by atoms with van der Waals surface area (Å²) in [5, 5.41) is 0. The Morgan fingerprint density at radius 3 is 2.52 bits per heavy atom. The Bertz CT molecular complexity index is 1540. The molecule has 0 saturated carbocycles. The van der Waals surface area contributed by atoms with E-state index in [1.54, 1.807) is 7.11 Å². The standard InChI is InChI=1S/C33H38N4O3/c1-6-25-14-11-13-23(3)32(25)37(24(4)21-40-5)31(39)20-36-29-17-10-8-15-27(29)34-33(36)26-18-30(38)35(19-26)28-16-9-7-12-22(28)2/h7-17,24,26H,6,18-21H2,1-5H3/t24-,26-/m1/s1. The maximum absolute atomic E-state index is 14.3. The van der Waals surface area contributed by atoms with Gasteiger partial charge in [-0.05, 0) is 62.1 Å². The van der Waals surface area contributed by atoms with E-state index >= 15 is 0 Å². The second-order valence-corrected chi connectivity index (χ2v) is 10.7. The Balaban J connectivity index is 1.54. The number of benzene rings is 3. The predicted octanol–water partition coefficient (Wildman–Crippen LogP) is 5.80. The highest BCUT2D eigenvalue weighted by Crippen LogP contribution is 2.35. The minimum atomic E-state index is -0.160. The summed E-state index contributed by atoms with van der Waals surface area (Å²) >= 11 is 0. The molecular weight excluding hydrogens is 500 g/mol. The molecule has 1 saturated heterocycles. The summed E-state index contributed by atoms with van der Waals surface area (Å²) in [4.78, 5) is 36.3. The first-order chi connectivity index (χ1) is 19.3. The SMILES string of the molecule is CCc1cccc(C)c1N(C(=O)Cn1c([C@@H]2CC(=O)N(c3ccccc3C)C2)nc2ccccc21)[C@H](C)COC. The molecule has 1 aromatic heterocycles. The van der Waals surface area contributed by atoms with Gasteiger partial charge in [-0.25, -0.2) is 4.98 Å². The van der Waals surface area contributed by atoms with Crippen LogP contribution in [0, 0.1) is 13.8 Å². The lowest BCUT2D eigenvalue weighted by atomic mass is 10.0. The number of anilines is 2. The predicted molar refractivity (Wildman–Crippen MR) is 160 cm³/mol. The van der Waals surface area contributed by atoms with Crippen molar-refractivity contribution >= 4 is 34.2 Å². The molecule has 7 heteroatoms. The smallest absolute Gasteiger partial charge is 0.247 e. The van der Waals surface area contributed by atoms with Crippen LogP contribution >= 0.6 is 0 Å². The van der Waals surface area contributed by atoms with Gasteiger partial charge >= 0.3 is 0 Å². The second kappa shape index (κ2) is 11.6. The molecule has 0 bridgehead atoms. The summed E-state index contributed by atoms with van der Waals surface area (Å²) in [6.07, 6.45) is 1.17. The van der Waals surface area contributed by atoms with E-state index in [1.165, 1.54) is 0 Å². The zero-order valence-corrected chi connectivity index (χ0v) is 24.1. The number of methoxy groups -OCH3 is 1. The largest absolute Gasteiger partial charge is 0.383 e. The number of rotatable bonds is 9. The van der Waals surface area contributed by atoms with E-state index in [0.717, 1.165) is 51.3 Å². The first-order valence-corrected chi connectivity index (χ1v) is 14.0. The summed E-state index contributed by atoms with van der Waals surface area (Å²) in [7, 11) is 1.66. The highest BCUT2D eigenvalue weighted by Gasteiger charge is 2.36. The molecule has 1 fully saturated rings. The number of ether oxygens (including phenoxy) is 1. The molecule has 3 aromatic carbocycles. The van der Waals surface area contributed by atoms with Crippen LogP contribution in [-0.4, -0.2) is 47.7 Å². The molecule has 0 spiro atoms. The van der Waals surface area contributed by atoms with Gasteiger partial charge in [0.2, 0.25) is 11.8 Å². The fourth-order valence-corrected chi connectivity index (χ4v) is 6.02. The molecule has 1 aliphatic heterocycles. The number of imidazole rings is 1. The summed E-state index contributed by atoms with van der Waals surface area (Å²) in [5.41, 5.74) is 6.85. The molecule has 7 nitrogen and oxygen atoms in total. The van der Waals surface area contributed by atoms with Crippen molar-refractivity contribution in [2.45, 2.75) is 59.0 Å². The summed E-state index contributed by atoms with van der Waals surface area (Å²) < 4.78 is 7.52. The van der Waals surface area contributed by atoms with E-state index < -0.39 is 0 Å². The normalized spacial score (nSPS) is 16.1. The molecule has 2 atom stereocenters. The fourth-order valence-electron chi connectivity index (χ4n) is 6.02. The van der Waals surface area contributed by atoms with E-state index in [2.05, 4.69) is 26.0 Å². The third-order valence-electron chi connectivity index (χ3n) is 7.93. The van der Waals surface area contributed by atoms with E-state index in [4.69, 9.17) is 9.72 Å². The van der Waals surface area contributed by atoms with Gasteiger partial charge in [-0.1, -0.05) is 55.5 Å². The molecule has 2 amide bonds. The first kappa shape index (κ1) is 27.6. The number of hydrogen-bond donors (Lipinski definition) is 0. The number of hydrogen-bond acceptors (Lipinski definition) is 4. The molecule has 2 heterocycles. The number of carbonyl (C=O) groups is 2. The lowest BCUT2D eigenvalue weighted by molar-refractivity contribution is -0.120. The lowest BCUT2D eigenvalue weighted by Gasteiger charge is -2.32. The number of amides is 2. The average Bonchev–Trinajstić information content (AvgIpc) is 3.50.